The van der Waals surface area contributed by atoms with Crippen LogP contribution in [0.3, 0.4) is 0 Å². The van der Waals surface area contributed by atoms with E-state index in [9.17, 15) is 14.9 Å². The van der Waals surface area contributed by atoms with Crippen LogP contribution >= 0.6 is 0 Å². The lowest BCUT2D eigenvalue weighted by molar-refractivity contribution is -0.415. The van der Waals surface area contributed by atoms with Crippen LogP contribution in [-0.2, 0) is 4.79 Å². The summed E-state index contributed by atoms with van der Waals surface area (Å²) in [6.45, 7) is 0. The summed E-state index contributed by atoms with van der Waals surface area (Å²) in [6.07, 6.45) is 7.64. The van der Waals surface area contributed by atoms with Gasteiger partial charge in [-0.3, -0.25) is 14.9 Å². The first kappa shape index (κ1) is 8.55. The third-order valence-electron chi connectivity index (χ3n) is 2.02. The Labute approximate surface area is 79.3 Å². The number of aliphatic imine (C=N–C) groups is 1. The number of dihydropyridines is 1. The van der Waals surface area contributed by atoms with E-state index in [4.69, 9.17) is 0 Å². The number of rotatable bonds is 1. The van der Waals surface area contributed by atoms with Crippen molar-refractivity contribution in [1.29, 1.82) is 0 Å². The molecule has 0 N–H and O–H groups in total. The van der Waals surface area contributed by atoms with Crippen LogP contribution in [0.1, 0.15) is 0 Å². The monoisotopic (exact) mass is 190 g/mol. The van der Waals surface area contributed by atoms with E-state index < -0.39 is 10.8 Å². The summed E-state index contributed by atoms with van der Waals surface area (Å²) in [4.78, 5) is 24.7. The van der Waals surface area contributed by atoms with Crippen LogP contribution in [-0.4, -0.2) is 16.5 Å². The number of allylic oxidation sites excluding steroid dienone is 5. The summed E-state index contributed by atoms with van der Waals surface area (Å²) in [5.74, 6) is -0.683. The molecule has 2 rings (SSSR count). The molecule has 1 aliphatic carbocycles. The molecule has 0 saturated heterocycles. The zero-order chi connectivity index (χ0) is 10.1. The molecule has 0 aromatic heterocycles. The Hall–Kier alpha value is -2.04. The standard InChI is InChI=1S/C9H6N2O3/c12-8-5-4-6-2-1-3-7(11(13)14)9(6)10-8/h1-6H. The van der Waals surface area contributed by atoms with Crippen molar-refractivity contribution in [3.05, 3.63) is 46.2 Å². The zero-order valence-electron chi connectivity index (χ0n) is 7.08. The lowest BCUT2D eigenvalue weighted by atomic mass is 9.93. The van der Waals surface area contributed by atoms with Gasteiger partial charge in [-0.05, 0) is 0 Å². The molecule has 0 radical (unpaired) electrons. The predicted octanol–water partition coefficient (Wildman–Crippen LogP) is 0.870. The topological polar surface area (TPSA) is 72.6 Å². The van der Waals surface area contributed by atoms with Crippen LogP contribution in [0.2, 0.25) is 0 Å². The van der Waals surface area contributed by atoms with Crippen LogP contribution in [0, 0.1) is 16.0 Å². The van der Waals surface area contributed by atoms with Gasteiger partial charge < -0.3 is 0 Å². The highest BCUT2D eigenvalue weighted by Gasteiger charge is 2.29. The van der Waals surface area contributed by atoms with Crippen molar-refractivity contribution < 1.29 is 9.72 Å². The Morgan fingerprint density at radius 2 is 2.21 bits per heavy atom. The van der Waals surface area contributed by atoms with Gasteiger partial charge in [-0.1, -0.05) is 18.2 Å². The summed E-state index contributed by atoms with van der Waals surface area (Å²) in [7, 11) is 0. The lowest BCUT2D eigenvalue weighted by Crippen LogP contribution is -2.24. The molecule has 0 saturated carbocycles. The maximum absolute atomic E-state index is 10.9. The minimum absolute atomic E-state index is 0.102. The number of nitrogens with zero attached hydrogens (tertiary/aromatic N) is 2. The van der Waals surface area contributed by atoms with Gasteiger partial charge in [-0.15, -0.1) is 0 Å². The van der Waals surface area contributed by atoms with Crippen molar-refractivity contribution in [2.24, 2.45) is 10.9 Å². The van der Waals surface area contributed by atoms with Gasteiger partial charge in [0.1, 0.15) is 5.71 Å². The van der Waals surface area contributed by atoms with E-state index in [0.29, 0.717) is 0 Å². The number of amides is 1. The molecule has 0 fully saturated rings. The fraction of sp³-hybridized carbons (Fsp3) is 0.111. The normalized spacial score (nSPS) is 24.0. The highest BCUT2D eigenvalue weighted by Crippen LogP contribution is 2.20. The smallest absolute Gasteiger partial charge is 0.267 e. The number of carbonyl (C=O) groups excluding carboxylic acids is 1. The molecule has 1 amide bonds. The number of fused-ring (bicyclic) bond motifs is 1. The molecule has 0 aromatic rings. The van der Waals surface area contributed by atoms with Crippen molar-refractivity contribution in [3.8, 4) is 0 Å². The molecule has 1 unspecified atom stereocenters. The van der Waals surface area contributed by atoms with Crippen molar-refractivity contribution in [3.63, 3.8) is 0 Å². The fourth-order valence-electron chi connectivity index (χ4n) is 1.40. The van der Waals surface area contributed by atoms with Crippen molar-refractivity contribution in [2.45, 2.75) is 0 Å². The first-order chi connectivity index (χ1) is 6.68. The van der Waals surface area contributed by atoms with Gasteiger partial charge in [-0.2, -0.15) is 0 Å². The van der Waals surface area contributed by atoms with E-state index in [2.05, 4.69) is 4.99 Å². The second-order valence-electron chi connectivity index (χ2n) is 2.91. The van der Waals surface area contributed by atoms with E-state index >= 15 is 0 Å². The fourth-order valence-corrected chi connectivity index (χ4v) is 1.40. The van der Waals surface area contributed by atoms with E-state index in [-0.39, 0.29) is 17.3 Å². The van der Waals surface area contributed by atoms with Crippen LogP contribution in [0.5, 0.6) is 0 Å². The highest BCUT2D eigenvalue weighted by atomic mass is 16.6. The molecule has 5 nitrogen and oxygen atoms in total. The largest absolute Gasteiger partial charge is 0.291 e. The molecule has 14 heavy (non-hydrogen) atoms. The summed E-state index contributed by atoms with van der Waals surface area (Å²) >= 11 is 0. The number of nitro groups is 1. The molecule has 0 bridgehead atoms. The van der Waals surface area contributed by atoms with Crippen molar-refractivity contribution >= 4 is 11.6 Å². The second kappa shape index (κ2) is 3.02. The second-order valence-corrected chi connectivity index (χ2v) is 2.91. The van der Waals surface area contributed by atoms with Gasteiger partial charge >= 0.3 is 0 Å². The quantitative estimate of drug-likeness (QED) is 0.455. The average molecular weight is 190 g/mol. The summed E-state index contributed by atoms with van der Waals surface area (Å²) < 4.78 is 0. The van der Waals surface area contributed by atoms with Crippen LogP contribution in [0.25, 0.3) is 0 Å². The lowest BCUT2D eigenvalue weighted by Gasteiger charge is -2.14. The van der Waals surface area contributed by atoms with Gasteiger partial charge in [0.25, 0.3) is 11.6 Å². The molecule has 1 atom stereocenters. The van der Waals surface area contributed by atoms with E-state index in [1.54, 1.807) is 18.2 Å². The van der Waals surface area contributed by atoms with Gasteiger partial charge in [0.15, 0.2) is 0 Å². The molecular formula is C9H6N2O3. The number of carbonyl (C=O) groups is 1. The minimum atomic E-state index is -0.526. The third kappa shape index (κ3) is 1.28. The Bertz CT molecular complexity index is 429. The molecule has 2 aliphatic rings. The SMILES string of the molecule is O=C1C=CC2C=CC=C([N+](=O)[O-])C2=N1. The summed E-state index contributed by atoms with van der Waals surface area (Å²) in [5, 5.41) is 10.6. The summed E-state index contributed by atoms with van der Waals surface area (Å²) in [5.41, 5.74) is 0.125. The predicted molar refractivity (Wildman–Crippen MR) is 49.3 cm³/mol. The first-order valence-corrected chi connectivity index (χ1v) is 4.02. The zero-order valence-corrected chi connectivity index (χ0v) is 7.08. The van der Waals surface area contributed by atoms with Gasteiger partial charge in [0, 0.05) is 18.1 Å². The van der Waals surface area contributed by atoms with Crippen molar-refractivity contribution in [2.75, 3.05) is 0 Å². The molecule has 70 valence electrons. The summed E-state index contributed by atoms with van der Waals surface area (Å²) in [6, 6.07) is 0. The maximum atomic E-state index is 10.9. The van der Waals surface area contributed by atoms with Crippen LogP contribution in [0.4, 0.5) is 0 Å². The van der Waals surface area contributed by atoms with Gasteiger partial charge in [0.05, 0.1) is 4.92 Å². The van der Waals surface area contributed by atoms with Crippen molar-refractivity contribution in [1.82, 2.24) is 0 Å². The Kier molecular flexibility index (Phi) is 1.85. The molecular weight excluding hydrogens is 184 g/mol. The third-order valence-corrected chi connectivity index (χ3v) is 2.02. The number of hydrogen-bond donors (Lipinski definition) is 0. The molecule has 1 heterocycles. The molecule has 1 aliphatic heterocycles. The van der Waals surface area contributed by atoms with Crippen LogP contribution < -0.4 is 0 Å². The Balaban J connectivity index is 2.46. The maximum Gasteiger partial charge on any atom is 0.291 e. The van der Waals surface area contributed by atoms with E-state index in [0.717, 1.165) is 0 Å². The Morgan fingerprint density at radius 3 is 2.93 bits per heavy atom. The van der Waals surface area contributed by atoms with Crippen LogP contribution in [0.15, 0.2) is 41.1 Å². The average Bonchev–Trinajstić information content (AvgIpc) is 2.16. The van der Waals surface area contributed by atoms with Gasteiger partial charge in [0.2, 0.25) is 0 Å². The van der Waals surface area contributed by atoms with E-state index in [1.807, 2.05) is 0 Å². The molecule has 0 spiro atoms. The highest BCUT2D eigenvalue weighted by molar-refractivity contribution is 6.12. The molecule has 0 aromatic carbocycles. The number of hydrogen-bond acceptors (Lipinski definition) is 3. The van der Waals surface area contributed by atoms with E-state index in [1.165, 1.54) is 12.2 Å². The first-order valence-electron chi connectivity index (χ1n) is 4.02. The molecule has 5 heteroatoms. The minimum Gasteiger partial charge on any atom is -0.267 e. The Morgan fingerprint density at radius 1 is 1.43 bits per heavy atom. The van der Waals surface area contributed by atoms with Gasteiger partial charge in [-0.25, -0.2) is 4.99 Å².